The van der Waals surface area contributed by atoms with Gasteiger partial charge in [-0.1, -0.05) is 30.3 Å². The second-order valence-electron chi connectivity index (χ2n) is 5.05. The molecule has 0 aromatic heterocycles. The third-order valence-corrected chi connectivity index (χ3v) is 3.33. The topological polar surface area (TPSA) is 114 Å². The highest BCUT2D eigenvalue weighted by atomic mass is 16.4. The van der Waals surface area contributed by atoms with E-state index in [1.54, 1.807) is 0 Å². The quantitative estimate of drug-likeness (QED) is 0.353. The summed E-state index contributed by atoms with van der Waals surface area (Å²) in [4.78, 5) is 15.2. The predicted molar refractivity (Wildman–Crippen MR) is 88.9 cm³/mol. The van der Waals surface area contributed by atoms with Crippen LogP contribution >= 0.6 is 0 Å². The highest BCUT2D eigenvalue weighted by Crippen LogP contribution is 2.20. The number of carboxylic acids is 1. The SMILES string of the molecule is NC(N)=NCCC[C@H](Nc1ccc2ccccc2c1)C(=O)O. The fourth-order valence-corrected chi connectivity index (χ4v) is 2.24. The van der Waals surface area contributed by atoms with Gasteiger partial charge in [0.2, 0.25) is 0 Å². The third-order valence-electron chi connectivity index (χ3n) is 3.33. The van der Waals surface area contributed by atoms with E-state index in [4.69, 9.17) is 11.5 Å². The molecule has 0 radical (unpaired) electrons. The number of aliphatic carboxylic acids is 1. The van der Waals surface area contributed by atoms with Gasteiger partial charge in [0.25, 0.3) is 0 Å². The number of benzene rings is 2. The highest BCUT2D eigenvalue weighted by molar-refractivity contribution is 5.86. The summed E-state index contributed by atoms with van der Waals surface area (Å²) >= 11 is 0. The number of hydrogen-bond acceptors (Lipinski definition) is 3. The second kappa shape index (κ2) is 7.31. The Morgan fingerprint density at radius 3 is 2.59 bits per heavy atom. The van der Waals surface area contributed by atoms with E-state index in [0.717, 1.165) is 16.5 Å². The lowest BCUT2D eigenvalue weighted by atomic mass is 10.1. The molecule has 116 valence electrons. The minimum absolute atomic E-state index is 0.0226. The summed E-state index contributed by atoms with van der Waals surface area (Å²) in [5, 5.41) is 14.5. The van der Waals surface area contributed by atoms with Crippen molar-refractivity contribution in [1.29, 1.82) is 0 Å². The van der Waals surface area contributed by atoms with E-state index in [1.165, 1.54) is 0 Å². The molecule has 1 atom stereocenters. The minimum atomic E-state index is -0.891. The van der Waals surface area contributed by atoms with E-state index < -0.39 is 12.0 Å². The number of nitrogens with two attached hydrogens (primary N) is 2. The van der Waals surface area contributed by atoms with Crippen molar-refractivity contribution in [2.75, 3.05) is 11.9 Å². The van der Waals surface area contributed by atoms with Crippen molar-refractivity contribution < 1.29 is 9.90 Å². The number of anilines is 1. The van der Waals surface area contributed by atoms with Crippen molar-refractivity contribution in [3.8, 4) is 0 Å². The molecule has 22 heavy (non-hydrogen) atoms. The average Bonchev–Trinajstić information content (AvgIpc) is 2.49. The molecular weight excluding hydrogens is 280 g/mol. The first-order chi connectivity index (χ1) is 10.6. The average molecular weight is 300 g/mol. The summed E-state index contributed by atoms with van der Waals surface area (Å²) in [5.74, 6) is -0.868. The number of aliphatic imine (C=N–C) groups is 1. The molecule has 0 saturated heterocycles. The number of nitrogens with zero attached hydrogens (tertiary/aromatic N) is 1. The van der Waals surface area contributed by atoms with Crippen LogP contribution in [0, 0.1) is 0 Å². The first kappa shape index (κ1) is 15.6. The third kappa shape index (κ3) is 4.37. The molecular formula is C16H20N4O2. The lowest BCUT2D eigenvalue weighted by Gasteiger charge is -2.15. The van der Waals surface area contributed by atoms with Crippen LogP contribution in [0.25, 0.3) is 10.8 Å². The van der Waals surface area contributed by atoms with E-state index in [-0.39, 0.29) is 5.96 Å². The number of rotatable bonds is 7. The Balaban J connectivity index is 2.02. The highest BCUT2D eigenvalue weighted by Gasteiger charge is 2.16. The van der Waals surface area contributed by atoms with E-state index >= 15 is 0 Å². The maximum atomic E-state index is 11.3. The number of guanidine groups is 1. The van der Waals surface area contributed by atoms with Crippen LogP contribution in [-0.4, -0.2) is 29.6 Å². The van der Waals surface area contributed by atoms with Gasteiger partial charge in [-0.15, -0.1) is 0 Å². The van der Waals surface area contributed by atoms with Crippen molar-refractivity contribution in [3.63, 3.8) is 0 Å². The van der Waals surface area contributed by atoms with Crippen molar-refractivity contribution in [2.24, 2.45) is 16.5 Å². The van der Waals surface area contributed by atoms with Crippen LogP contribution in [0.2, 0.25) is 0 Å². The fourth-order valence-electron chi connectivity index (χ4n) is 2.24. The van der Waals surface area contributed by atoms with Gasteiger partial charge in [-0.2, -0.15) is 0 Å². The van der Waals surface area contributed by atoms with E-state index in [9.17, 15) is 9.90 Å². The predicted octanol–water partition coefficient (Wildman–Crippen LogP) is 1.76. The van der Waals surface area contributed by atoms with Crippen LogP contribution < -0.4 is 16.8 Å². The van der Waals surface area contributed by atoms with Crippen LogP contribution in [0.5, 0.6) is 0 Å². The lowest BCUT2D eigenvalue weighted by molar-refractivity contribution is -0.138. The Hall–Kier alpha value is -2.76. The van der Waals surface area contributed by atoms with Crippen LogP contribution in [-0.2, 0) is 4.79 Å². The van der Waals surface area contributed by atoms with Crippen molar-refractivity contribution in [3.05, 3.63) is 42.5 Å². The van der Waals surface area contributed by atoms with Gasteiger partial charge in [0, 0.05) is 12.2 Å². The number of carboxylic acid groups (broad SMARTS) is 1. The molecule has 0 amide bonds. The van der Waals surface area contributed by atoms with Gasteiger partial charge in [-0.3, -0.25) is 4.99 Å². The standard InChI is InChI=1S/C16H20N4O2/c17-16(18)19-9-3-6-14(15(21)22)20-13-8-7-11-4-1-2-5-12(11)10-13/h1-2,4-5,7-8,10,14,20H,3,6,9H2,(H,21,22)(H4,17,18,19)/t14-/m0/s1. The van der Waals surface area contributed by atoms with Crippen molar-refractivity contribution >= 4 is 28.4 Å². The van der Waals surface area contributed by atoms with Gasteiger partial charge in [0.05, 0.1) is 0 Å². The lowest BCUT2D eigenvalue weighted by Crippen LogP contribution is -2.29. The van der Waals surface area contributed by atoms with Crippen molar-refractivity contribution in [1.82, 2.24) is 0 Å². The number of hydrogen-bond donors (Lipinski definition) is 4. The number of fused-ring (bicyclic) bond motifs is 1. The van der Waals surface area contributed by atoms with Crippen LogP contribution in [0.1, 0.15) is 12.8 Å². The molecule has 0 heterocycles. The molecule has 6 nitrogen and oxygen atoms in total. The Morgan fingerprint density at radius 1 is 1.18 bits per heavy atom. The molecule has 0 unspecified atom stereocenters. The van der Waals surface area contributed by atoms with Gasteiger partial charge in [-0.25, -0.2) is 4.79 Å². The maximum Gasteiger partial charge on any atom is 0.326 e. The smallest absolute Gasteiger partial charge is 0.326 e. The Morgan fingerprint density at radius 2 is 1.91 bits per heavy atom. The zero-order valence-corrected chi connectivity index (χ0v) is 12.2. The fraction of sp³-hybridized carbons (Fsp3) is 0.250. The molecule has 2 aromatic carbocycles. The van der Waals surface area contributed by atoms with Crippen LogP contribution in [0.3, 0.4) is 0 Å². The van der Waals surface area contributed by atoms with Gasteiger partial charge < -0.3 is 21.9 Å². The minimum Gasteiger partial charge on any atom is -0.480 e. The molecule has 0 saturated carbocycles. The number of nitrogens with one attached hydrogen (secondary N) is 1. The molecule has 0 spiro atoms. The van der Waals surface area contributed by atoms with E-state index in [2.05, 4.69) is 10.3 Å². The molecule has 2 aromatic rings. The van der Waals surface area contributed by atoms with Crippen LogP contribution in [0.4, 0.5) is 5.69 Å². The summed E-state index contributed by atoms with van der Waals surface area (Å²) in [5.41, 5.74) is 11.3. The first-order valence-electron chi connectivity index (χ1n) is 7.10. The zero-order valence-electron chi connectivity index (χ0n) is 12.2. The molecule has 0 bridgehead atoms. The molecule has 0 aliphatic rings. The van der Waals surface area contributed by atoms with Gasteiger partial charge >= 0.3 is 5.97 Å². The molecule has 6 heteroatoms. The Labute approximate surface area is 128 Å². The zero-order chi connectivity index (χ0) is 15.9. The second-order valence-corrected chi connectivity index (χ2v) is 5.05. The molecule has 6 N–H and O–H groups in total. The van der Waals surface area contributed by atoms with Crippen molar-refractivity contribution in [2.45, 2.75) is 18.9 Å². The number of carbonyl (C=O) groups is 1. The largest absolute Gasteiger partial charge is 0.480 e. The Kier molecular flexibility index (Phi) is 5.19. The molecule has 0 aliphatic carbocycles. The van der Waals surface area contributed by atoms with E-state index in [1.807, 2.05) is 42.5 Å². The van der Waals surface area contributed by atoms with E-state index in [0.29, 0.717) is 19.4 Å². The summed E-state index contributed by atoms with van der Waals surface area (Å²) in [7, 11) is 0. The maximum absolute atomic E-state index is 11.3. The van der Waals surface area contributed by atoms with Crippen LogP contribution in [0.15, 0.2) is 47.5 Å². The monoisotopic (exact) mass is 300 g/mol. The normalized spacial score (nSPS) is 11.8. The molecule has 2 rings (SSSR count). The van der Waals surface area contributed by atoms with Gasteiger partial charge in [-0.05, 0) is 35.7 Å². The van der Waals surface area contributed by atoms with Gasteiger partial charge in [0.1, 0.15) is 6.04 Å². The first-order valence-corrected chi connectivity index (χ1v) is 7.10. The van der Waals surface area contributed by atoms with Gasteiger partial charge in [0.15, 0.2) is 5.96 Å². The summed E-state index contributed by atoms with van der Waals surface area (Å²) in [6.45, 7) is 0.422. The Bertz CT molecular complexity index is 681. The molecule has 0 aliphatic heterocycles. The molecule has 0 fully saturated rings. The summed E-state index contributed by atoms with van der Waals surface area (Å²) in [6.07, 6.45) is 1.04. The summed E-state index contributed by atoms with van der Waals surface area (Å²) < 4.78 is 0. The summed E-state index contributed by atoms with van der Waals surface area (Å²) in [6, 6.07) is 13.1.